The molecule has 0 amide bonds. The average molecular weight is 265 g/mol. The van der Waals surface area contributed by atoms with Crippen LogP contribution in [0, 0.1) is 0 Å². The second kappa shape index (κ2) is 6.85. The second-order valence-electron chi connectivity index (χ2n) is 6.09. The highest BCUT2D eigenvalue weighted by atomic mass is 16.5. The molecule has 0 saturated carbocycles. The van der Waals surface area contributed by atoms with E-state index in [2.05, 4.69) is 36.1 Å². The van der Waals surface area contributed by atoms with Gasteiger partial charge < -0.3 is 10.1 Å². The zero-order chi connectivity index (χ0) is 14.5. The van der Waals surface area contributed by atoms with Crippen LogP contribution in [0.5, 0.6) is 5.75 Å². The molecule has 1 rings (SSSR count). The van der Waals surface area contributed by atoms with Gasteiger partial charge in [0, 0.05) is 12.5 Å². The van der Waals surface area contributed by atoms with E-state index in [1.807, 2.05) is 20.8 Å². The van der Waals surface area contributed by atoms with Crippen LogP contribution in [0.4, 0.5) is 0 Å². The average Bonchev–Trinajstić information content (AvgIpc) is 2.29. The quantitative estimate of drug-likeness (QED) is 0.802. The molecule has 1 N–H and O–H groups in total. The van der Waals surface area contributed by atoms with Crippen LogP contribution in [0.3, 0.4) is 0 Å². The minimum atomic E-state index is -0.234. The summed E-state index contributed by atoms with van der Waals surface area (Å²) in [5, 5.41) is 3.37. The Balaban J connectivity index is 2.94. The SMILES string of the molecule is CCCNCc1nc(C(C)C)ncc1OC(C)(C)C. The first-order valence-electron chi connectivity index (χ1n) is 7.09. The lowest BCUT2D eigenvalue weighted by Gasteiger charge is -2.23. The molecule has 0 fully saturated rings. The number of ether oxygens (including phenoxy) is 1. The van der Waals surface area contributed by atoms with Crippen LogP contribution in [-0.4, -0.2) is 22.1 Å². The van der Waals surface area contributed by atoms with E-state index in [0.29, 0.717) is 5.92 Å². The van der Waals surface area contributed by atoms with E-state index in [9.17, 15) is 0 Å². The maximum atomic E-state index is 5.93. The van der Waals surface area contributed by atoms with Gasteiger partial charge in [-0.05, 0) is 33.7 Å². The van der Waals surface area contributed by atoms with Crippen LogP contribution in [0.25, 0.3) is 0 Å². The smallest absolute Gasteiger partial charge is 0.161 e. The number of nitrogens with zero attached hydrogens (tertiary/aromatic N) is 2. The molecule has 0 atom stereocenters. The van der Waals surface area contributed by atoms with Gasteiger partial charge >= 0.3 is 0 Å². The molecule has 0 unspecified atom stereocenters. The van der Waals surface area contributed by atoms with E-state index in [0.717, 1.165) is 36.8 Å². The van der Waals surface area contributed by atoms with Crippen LogP contribution in [0.2, 0.25) is 0 Å². The molecule has 0 aliphatic heterocycles. The Bertz CT molecular complexity index is 397. The maximum Gasteiger partial charge on any atom is 0.161 e. The van der Waals surface area contributed by atoms with Gasteiger partial charge in [-0.15, -0.1) is 0 Å². The fourth-order valence-corrected chi connectivity index (χ4v) is 1.63. The van der Waals surface area contributed by atoms with Crippen molar-refractivity contribution in [3.8, 4) is 5.75 Å². The lowest BCUT2D eigenvalue weighted by molar-refractivity contribution is 0.127. The van der Waals surface area contributed by atoms with Gasteiger partial charge in [-0.3, -0.25) is 0 Å². The number of aromatic nitrogens is 2. The first-order valence-corrected chi connectivity index (χ1v) is 7.09. The third-order valence-electron chi connectivity index (χ3n) is 2.50. The Hall–Kier alpha value is -1.16. The molecule has 4 nitrogen and oxygen atoms in total. The summed E-state index contributed by atoms with van der Waals surface area (Å²) in [6, 6.07) is 0. The molecule has 1 aromatic rings. The lowest BCUT2D eigenvalue weighted by atomic mass is 10.2. The van der Waals surface area contributed by atoms with E-state index in [4.69, 9.17) is 4.74 Å². The van der Waals surface area contributed by atoms with Crippen molar-refractivity contribution in [2.75, 3.05) is 6.54 Å². The van der Waals surface area contributed by atoms with E-state index in [1.165, 1.54) is 0 Å². The summed E-state index contributed by atoms with van der Waals surface area (Å²) in [6.07, 6.45) is 2.91. The summed E-state index contributed by atoms with van der Waals surface area (Å²) in [5.74, 6) is 1.98. The Labute approximate surface area is 117 Å². The predicted octanol–water partition coefficient (Wildman–Crippen LogP) is 3.28. The van der Waals surface area contributed by atoms with Crippen molar-refractivity contribution in [1.29, 1.82) is 0 Å². The Kier molecular flexibility index (Phi) is 5.73. The van der Waals surface area contributed by atoms with Gasteiger partial charge in [0.05, 0.1) is 11.9 Å². The van der Waals surface area contributed by atoms with E-state index in [-0.39, 0.29) is 5.60 Å². The number of nitrogens with one attached hydrogen (secondary N) is 1. The van der Waals surface area contributed by atoms with Gasteiger partial charge in [0.15, 0.2) is 5.75 Å². The van der Waals surface area contributed by atoms with Gasteiger partial charge in [-0.2, -0.15) is 0 Å². The summed E-state index contributed by atoms with van der Waals surface area (Å²) in [6.45, 7) is 14.2. The summed E-state index contributed by atoms with van der Waals surface area (Å²) in [7, 11) is 0. The highest BCUT2D eigenvalue weighted by Gasteiger charge is 2.17. The van der Waals surface area contributed by atoms with Gasteiger partial charge in [-0.25, -0.2) is 9.97 Å². The highest BCUT2D eigenvalue weighted by Crippen LogP contribution is 2.22. The van der Waals surface area contributed by atoms with Crippen LogP contribution in [0.15, 0.2) is 6.20 Å². The molecule has 0 radical (unpaired) electrons. The molecular weight excluding hydrogens is 238 g/mol. The molecule has 0 bridgehead atoms. The first-order chi connectivity index (χ1) is 8.83. The van der Waals surface area contributed by atoms with Crippen molar-refractivity contribution < 1.29 is 4.74 Å². The normalized spacial score (nSPS) is 11.9. The minimum Gasteiger partial charge on any atom is -0.485 e. The molecule has 1 heterocycles. The maximum absolute atomic E-state index is 5.93. The monoisotopic (exact) mass is 265 g/mol. The highest BCUT2D eigenvalue weighted by molar-refractivity contribution is 5.26. The van der Waals surface area contributed by atoms with Crippen LogP contribution in [-0.2, 0) is 6.54 Å². The molecule has 1 aromatic heterocycles. The van der Waals surface area contributed by atoms with Gasteiger partial charge in [0.2, 0.25) is 0 Å². The van der Waals surface area contributed by atoms with Crippen LogP contribution < -0.4 is 10.1 Å². The Morgan fingerprint density at radius 1 is 1.32 bits per heavy atom. The van der Waals surface area contributed by atoms with Crippen molar-refractivity contribution in [2.24, 2.45) is 0 Å². The molecule has 0 spiro atoms. The largest absolute Gasteiger partial charge is 0.485 e. The lowest BCUT2D eigenvalue weighted by Crippen LogP contribution is -2.25. The van der Waals surface area contributed by atoms with Crippen LogP contribution in [0.1, 0.15) is 65.4 Å². The van der Waals surface area contributed by atoms with Crippen molar-refractivity contribution >= 4 is 0 Å². The van der Waals surface area contributed by atoms with Crippen molar-refractivity contribution in [1.82, 2.24) is 15.3 Å². The number of hydrogen-bond acceptors (Lipinski definition) is 4. The molecule has 0 aromatic carbocycles. The zero-order valence-electron chi connectivity index (χ0n) is 13.1. The molecular formula is C15H27N3O. The van der Waals surface area contributed by atoms with Gasteiger partial charge in [0.1, 0.15) is 11.4 Å². The summed E-state index contributed by atoms with van der Waals surface area (Å²) in [4.78, 5) is 9.02. The molecule has 0 aliphatic carbocycles. The number of rotatable bonds is 6. The summed E-state index contributed by atoms with van der Waals surface area (Å²) in [5.41, 5.74) is 0.712. The topological polar surface area (TPSA) is 47.0 Å². The Morgan fingerprint density at radius 3 is 2.53 bits per heavy atom. The Morgan fingerprint density at radius 2 is 2.00 bits per heavy atom. The molecule has 0 saturated heterocycles. The molecule has 108 valence electrons. The molecule has 4 heteroatoms. The van der Waals surface area contributed by atoms with E-state index >= 15 is 0 Å². The summed E-state index contributed by atoms with van der Waals surface area (Å²) < 4.78 is 5.93. The fourth-order valence-electron chi connectivity index (χ4n) is 1.63. The van der Waals surface area contributed by atoms with Crippen molar-refractivity contribution in [2.45, 2.75) is 66.0 Å². The van der Waals surface area contributed by atoms with Crippen molar-refractivity contribution in [3.05, 3.63) is 17.7 Å². The zero-order valence-corrected chi connectivity index (χ0v) is 13.1. The van der Waals surface area contributed by atoms with E-state index < -0.39 is 0 Å². The third kappa shape index (κ3) is 5.55. The minimum absolute atomic E-state index is 0.234. The fraction of sp³-hybridized carbons (Fsp3) is 0.733. The standard InChI is InChI=1S/C15H27N3O/c1-7-8-16-9-12-13(19-15(4,5)6)10-17-14(18-12)11(2)3/h10-11,16H,7-9H2,1-6H3. The van der Waals surface area contributed by atoms with E-state index in [1.54, 1.807) is 6.20 Å². The van der Waals surface area contributed by atoms with Gasteiger partial charge in [-0.1, -0.05) is 20.8 Å². The van der Waals surface area contributed by atoms with Crippen molar-refractivity contribution in [3.63, 3.8) is 0 Å². The van der Waals surface area contributed by atoms with Crippen LogP contribution >= 0.6 is 0 Å². The van der Waals surface area contributed by atoms with Gasteiger partial charge in [0.25, 0.3) is 0 Å². The predicted molar refractivity (Wildman–Crippen MR) is 78.5 cm³/mol. The molecule has 0 aliphatic rings. The number of hydrogen-bond donors (Lipinski definition) is 1. The molecule has 19 heavy (non-hydrogen) atoms. The third-order valence-corrected chi connectivity index (χ3v) is 2.50. The first kappa shape index (κ1) is 15.9. The summed E-state index contributed by atoms with van der Waals surface area (Å²) >= 11 is 0. The second-order valence-corrected chi connectivity index (χ2v) is 6.09.